The highest BCUT2D eigenvalue weighted by Gasteiger charge is 2.18. The summed E-state index contributed by atoms with van der Waals surface area (Å²) in [5.74, 6) is -1.71. The van der Waals surface area contributed by atoms with Crippen molar-refractivity contribution in [1.29, 1.82) is 0 Å². The normalized spacial score (nSPS) is 11.3. The van der Waals surface area contributed by atoms with Crippen LogP contribution in [0.2, 0.25) is 0 Å². The second-order valence-corrected chi connectivity index (χ2v) is 6.01. The highest BCUT2D eigenvalue weighted by atomic mass is 32.2. The number of nitrogens with one attached hydrogen (secondary N) is 1. The number of carbonyl (C=O) groups is 1. The van der Waals surface area contributed by atoms with E-state index in [-0.39, 0.29) is 10.6 Å². The smallest absolute Gasteiger partial charge is 0.325 e. The first-order valence-electron chi connectivity index (χ1n) is 5.81. The highest BCUT2D eigenvalue weighted by Crippen LogP contribution is 2.20. The van der Waals surface area contributed by atoms with E-state index in [4.69, 9.17) is 5.11 Å². The Balaban J connectivity index is 2.28. The minimum Gasteiger partial charge on any atom is -0.480 e. The van der Waals surface area contributed by atoms with Crippen LogP contribution in [-0.2, 0) is 21.4 Å². The van der Waals surface area contributed by atoms with Crippen molar-refractivity contribution in [3.8, 4) is 0 Å². The molecule has 0 bridgehead atoms. The lowest BCUT2D eigenvalue weighted by Gasteiger charge is -2.09. The van der Waals surface area contributed by atoms with Crippen molar-refractivity contribution >= 4 is 21.7 Å². The maximum Gasteiger partial charge on any atom is 0.325 e. The van der Waals surface area contributed by atoms with Crippen LogP contribution in [0.1, 0.15) is 5.56 Å². The number of aryl methyl sites for hydroxylation is 1. The van der Waals surface area contributed by atoms with Crippen LogP contribution >= 0.6 is 0 Å². The Kier molecular flexibility index (Phi) is 3.94. The number of carboxylic acids is 1. The largest absolute Gasteiger partial charge is 0.480 e. The molecule has 21 heavy (non-hydrogen) atoms. The van der Waals surface area contributed by atoms with Gasteiger partial charge in [-0.15, -0.1) is 0 Å². The monoisotopic (exact) mass is 313 g/mol. The molecule has 7 nitrogen and oxygen atoms in total. The lowest BCUT2D eigenvalue weighted by atomic mass is 10.2. The van der Waals surface area contributed by atoms with E-state index < -0.39 is 28.4 Å². The summed E-state index contributed by atoms with van der Waals surface area (Å²) >= 11 is 0. The second kappa shape index (κ2) is 5.52. The van der Waals surface area contributed by atoms with E-state index in [9.17, 15) is 17.6 Å². The van der Waals surface area contributed by atoms with Gasteiger partial charge in [-0.3, -0.25) is 14.2 Å². The Hall–Kier alpha value is -2.42. The molecule has 1 aromatic heterocycles. The minimum absolute atomic E-state index is 0.112. The number of nitrogens with zero attached hydrogens (tertiary/aromatic N) is 2. The summed E-state index contributed by atoms with van der Waals surface area (Å²) in [4.78, 5) is 10.3. The van der Waals surface area contributed by atoms with Gasteiger partial charge in [-0.05, 0) is 24.6 Å². The van der Waals surface area contributed by atoms with Crippen LogP contribution in [0.5, 0.6) is 0 Å². The molecule has 0 aliphatic rings. The first-order chi connectivity index (χ1) is 9.78. The third-order valence-corrected chi connectivity index (χ3v) is 3.98. The van der Waals surface area contributed by atoms with Crippen molar-refractivity contribution in [2.24, 2.45) is 0 Å². The molecule has 1 aromatic carbocycles. The molecule has 0 saturated carbocycles. The molecule has 0 aliphatic carbocycles. The molecule has 0 spiro atoms. The average molecular weight is 313 g/mol. The molecule has 2 N–H and O–H groups in total. The fourth-order valence-corrected chi connectivity index (χ4v) is 2.69. The number of aromatic nitrogens is 2. The maximum atomic E-state index is 13.2. The van der Waals surface area contributed by atoms with E-state index in [2.05, 4.69) is 9.82 Å². The predicted molar refractivity (Wildman–Crippen MR) is 71.8 cm³/mol. The Morgan fingerprint density at radius 2 is 2.19 bits per heavy atom. The van der Waals surface area contributed by atoms with Crippen molar-refractivity contribution < 1.29 is 22.7 Å². The summed E-state index contributed by atoms with van der Waals surface area (Å²) < 4.78 is 40.6. The molecule has 0 atom stereocenters. The molecule has 0 fully saturated rings. The lowest BCUT2D eigenvalue weighted by molar-refractivity contribution is -0.137. The van der Waals surface area contributed by atoms with E-state index in [1.54, 1.807) is 6.92 Å². The van der Waals surface area contributed by atoms with Gasteiger partial charge in [-0.1, -0.05) is 6.07 Å². The van der Waals surface area contributed by atoms with Crippen molar-refractivity contribution in [3.05, 3.63) is 42.0 Å². The number of anilines is 1. The topological polar surface area (TPSA) is 101 Å². The first kappa shape index (κ1) is 15.0. The van der Waals surface area contributed by atoms with Crippen molar-refractivity contribution in [3.63, 3.8) is 0 Å². The van der Waals surface area contributed by atoms with Crippen LogP contribution in [0, 0.1) is 12.7 Å². The number of halogens is 1. The molecule has 2 aromatic rings. The third-order valence-electron chi connectivity index (χ3n) is 2.66. The van der Waals surface area contributed by atoms with Gasteiger partial charge in [0.15, 0.2) is 0 Å². The molecular formula is C12H12FN3O4S. The van der Waals surface area contributed by atoms with Crippen molar-refractivity contribution in [2.75, 3.05) is 4.72 Å². The molecule has 112 valence electrons. The summed E-state index contributed by atoms with van der Waals surface area (Å²) in [6.07, 6.45) is 2.12. The number of benzene rings is 1. The number of rotatable bonds is 5. The first-order valence-corrected chi connectivity index (χ1v) is 7.29. The van der Waals surface area contributed by atoms with E-state index in [0.29, 0.717) is 5.56 Å². The maximum absolute atomic E-state index is 13.2. The molecule has 0 radical (unpaired) electrons. The Labute approximate surface area is 120 Å². The highest BCUT2D eigenvalue weighted by molar-refractivity contribution is 7.92. The van der Waals surface area contributed by atoms with Gasteiger partial charge < -0.3 is 5.11 Å². The lowest BCUT2D eigenvalue weighted by Crippen LogP contribution is -2.14. The van der Waals surface area contributed by atoms with Gasteiger partial charge in [-0.2, -0.15) is 5.10 Å². The van der Waals surface area contributed by atoms with Crippen molar-refractivity contribution in [2.45, 2.75) is 18.4 Å². The van der Waals surface area contributed by atoms with Gasteiger partial charge in [0.25, 0.3) is 10.0 Å². The summed E-state index contributed by atoms with van der Waals surface area (Å²) in [7, 11) is -3.96. The summed E-state index contributed by atoms with van der Waals surface area (Å²) in [5.41, 5.74) is 0.666. The molecule has 9 heteroatoms. The van der Waals surface area contributed by atoms with Crippen LogP contribution < -0.4 is 4.72 Å². The number of hydrogen-bond donors (Lipinski definition) is 2. The van der Waals surface area contributed by atoms with Crippen LogP contribution in [0.15, 0.2) is 35.5 Å². The zero-order valence-corrected chi connectivity index (χ0v) is 11.8. The zero-order chi connectivity index (χ0) is 15.6. The second-order valence-electron chi connectivity index (χ2n) is 4.33. The Bertz CT molecular complexity index is 786. The number of sulfonamides is 1. The van der Waals surface area contributed by atoms with Crippen LogP contribution in [0.4, 0.5) is 10.1 Å². The standard InChI is InChI=1S/C12H12FN3O4S/c1-8-2-3-9(13)4-11(8)15-21(19,20)10-5-14-16(6-10)7-12(17)18/h2-6,15H,7H2,1H3,(H,17,18). The van der Waals surface area contributed by atoms with Crippen LogP contribution in [0.25, 0.3) is 0 Å². The number of aliphatic carboxylic acids is 1. The summed E-state index contributed by atoms with van der Waals surface area (Å²) in [6, 6.07) is 3.73. The summed E-state index contributed by atoms with van der Waals surface area (Å²) in [6.45, 7) is 1.18. The van der Waals surface area contributed by atoms with Gasteiger partial charge in [0.2, 0.25) is 0 Å². The zero-order valence-electron chi connectivity index (χ0n) is 10.9. The van der Waals surface area contributed by atoms with Gasteiger partial charge >= 0.3 is 5.97 Å². The minimum atomic E-state index is -3.96. The predicted octanol–water partition coefficient (Wildman–Crippen LogP) is 1.22. The van der Waals surface area contributed by atoms with Crippen molar-refractivity contribution in [1.82, 2.24) is 9.78 Å². The molecule has 0 saturated heterocycles. The van der Waals surface area contributed by atoms with E-state index in [0.717, 1.165) is 23.1 Å². The van der Waals surface area contributed by atoms with E-state index >= 15 is 0 Å². The molecular weight excluding hydrogens is 301 g/mol. The van der Waals surface area contributed by atoms with Gasteiger partial charge in [0, 0.05) is 6.20 Å². The van der Waals surface area contributed by atoms with Gasteiger partial charge in [0.1, 0.15) is 17.3 Å². The Morgan fingerprint density at radius 3 is 2.86 bits per heavy atom. The number of hydrogen-bond acceptors (Lipinski definition) is 4. The average Bonchev–Trinajstić information content (AvgIpc) is 2.82. The van der Waals surface area contributed by atoms with Crippen LogP contribution in [-0.4, -0.2) is 29.3 Å². The quantitative estimate of drug-likeness (QED) is 0.864. The number of carboxylic acid groups (broad SMARTS) is 1. The van der Waals surface area contributed by atoms with E-state index in [1.165, 1.54) is 12.1 Å². The molecule has 0 aliphatic heterocycles. The molecule has 2 rings (SSSR count). The SMILES string of the molecule is Cc1ccc(F)cc1NS(=O)(=O)c1cnn(CC(=O)O)c1. The molecule has 0 amide bonds. The van der Waals surface area contributed by atoms with Gasteiger partial charge in [-0.25, -0.2) is 12.8 Å². The third kappa shape index (κ3) is 3.57. The fraction of sp³-hybridized carbons (Fsp3) is 0.167. The van der Waals surface area contributed by atoms with Gasteiger partial charge in [0.05, 0.1) is 11.9 Å². The fourth-order valence-electron chi connectivity index (χ4n) is 1.62. The summed E-state index contributed by atoms with van der Waals surface area (Å²) in [5, 5.41) is 12.3. The molecule has 1 heterocycles. The Morgan fingerprint density at radius 1 is 1.48 bits per heavy atom. The van der Waals surface area contributed by atoms with E-state index in [1.807, 2.05) is 0 Å². The molecule has 0 unspecified atom stereocenters. The van der Waals surface area contributed by atoms with Crippen LogP contribution in [0.3, 0.4) is 0 Å².